The van der Waals surface area contributed by atoms with Crippen molar-refractivity contribution in [3.8, 4) is 0 Å². The molecule has 1 saturated heterocycles. The Morgan fingerprint density at radius 2 is 1.83 bits per heavy atom. The molecule has 1 aliphatic heterocycles. The van der Waals surface area contributed by atoms with Gasteiger partial charge in [0.2, 0.25) is 5.91 Å². The largest absolute Gasteiger partial charge is 0.338 e. The van der Waals surface area contributed by atoms with Crippen molar-refractivity contribution in [2.45, 2.75) is 19.8 Å². The highest BCUT2D eigenvalue weighted by Crippen LogP contribution is 2.27. The van der Waals surface area contributed by atoms with Crippen LogP contribution in [0, 0.1) is 18.7 Å². The van der Waals surface area contributed by atoms with Gasteiger partial charge < -0.3 is 15.1 Å². The van der Waals surface area contributed by atoms with Crippen LogP contribution in [0.3, 0.4) is 0 Å². The topological polar surface area (TPSA) is 52.7 Å². The number of nitrogens with one attached hydrogen (secondary N) is 1. The first-order chi connectivity index (χ1) is 11.5. The van der Waals surface area contributed by atoms with Crippen LogP contribution in [0.5, 0.6) is 0 Å². The zero-order chi connectivity index (χ0) is 17.1. The normalized spacial score (nSPS) is 17.9. The van der Waals surface area contributed by atoms with Crippen LogP contribution >= 0.6 is 0 Å². The molecule has 1 aromatic rings. The van der Waals surface area contributed by atoms with E-state index in [2.05, 4.69) is 5.32 Å². The van der Waals surface area contributed by atoms with Crippen molar-refractivity contribution in [2.24, 2.45) is 5.92 Å². The van der Waals surface area contributed by atoms with E-state index in [1.165, 1.54) is 18.9 Å². The lowest BCUT2D eigenvalue weighted by Crippen LogP contribution is -2.52. The van der Waals surface area contributed by atoms with Crippen molar-refractivity contribution in [2.75, 3.05) is 39.3 Å². The van der Waals surface area contributed by atoms with E-state index in [1.807, 2.05) is 0 Å². The summed E-state index contributed by atoms with van der Waals surface area (Å²) in [6, 6.07) is 4.56. The highest BCUT2D eigenvalue weighted by atomic mass is 19.1. The molecule has 130 valence electrons. The average molecular weight is 333 g/mol. The van der Waals surface area contributed by atoms with Gasteiger partial charge in [0.05, 0.1) is 6.54 Å². The Labute approximate surface area is 141 Å². The molecule has 0 radical (unpaired) electrons. The molecule has 1 saturated carbocycles. The number of carbonyl (C=O) groups is 2. The fourth-order valence-electron chi connectivity index (χ4n) is 2.88. The summed E-state index contributed by atoms with van der Waals surface area (Å²) in [5.41, 5.74) is 0.893. The van der Waals surface area contributed by atoms with Crippen LogP contribution < -0.4 is 5.32 Å². The Balaban J connectivity index is 1.47. The summed E-state index contributed by atoms with van der Waals surface area (Å²) >= 11 is 0. The molecular formula is C18H24FN3O2. The molecular weight excluding hydrogens is 309 g/mol. The first-order valence-electron chi connectivity index (χ1n) is 8.58. The van der Waals surface area contributed by atoms with Gasteiger partial charge in [-0.2, -0.15) is 0 Å². The minimum atomic E-state index is -0.364. The van der Waals surface area contributed by atoms with E-state index in [9.17, 15) is 14.0 Å². The number of aryl methyl sites for hydroxylation is 1. The van der Waals surface area contributed by atoms with Gasteiger partial charge >= 0.3 is 0 Å². The van der Waals surface area contributed by atoms with Crippen LogP contribution in [0.1, 0.15) is 28.8 Å². The van der Waals surface area contributed by atoms with Crippen molar-refractivity contribution >= 4 is 11.8 Å². The van der Waals surface area contributed by atoms with Crippen molar-refractivity contribution in [1.29, 1.82) is 0 Å². The Bertz CT molecular complexity index is 623. The number of nitrogens with zero attached hydrogens (tertiary/aromatic N) is 2. The number of halogens is 1. The summed E-state index contributed by atoms with van der Waals surface area (Å²) in [5.74, 6) is 0.301. The monoisotopic (exact) mass is 333 g/mol. The predicted octanol–water partition coefficient (Wildman–Crippen LogP) is 1.42. The lowest BCUT2D eigenvalue weighted by molar-refractivity contribution is -0.131. The highest BCUT2D eigenvalue weighted by molar-refractivity contribution is 5.94. The van der Waals surface area contributed by atoms with Crippen LogP contribution in [0.4, 0.5) is 4.39 Å². The van der Waals surface area contributed by atoms with Gasteiger partial charge in [-0.3, -0.25) is 9.59 Å². The number of rotatable bonds is 5. The predicted molar refractivity (Wildman–Crippen MR) is 89.2 cm³/mol. The number of piperazine rings is 1. The van der Waals surface area contributed by atoms with Gasteiger partial charge in [-0.15, -0.1) is 0 Å². The summed E-state index contributed by atoms with van der Waals surface area (Å²) in [6.07, 6.45) is 2.53. The van der Waals surface area contributed by atoms with E-state index in [0.717, 1.165) is 12.5 Å². The van der Waals surface area contributed by atoms with Crippen LogP contribution in [-0.4, -0.2) is 60.9 Å². The first-order valence-corrected chi connectivity index (χ1v) is 8.58. The molecule has 2 fully saturated rings. The Morgan fingerprint density at radius 1 is 1.17 bits per heavy atom. The molecule has 1 N–H and O–H groups in total. The number of amides is 2. The van der Waals surface area contributed by atoms with Gasteiger partial charge in [-0.25, -0.2) is 4.39 Å². The fourth-order valence-corrected chi connectivity index (χ4v) is 2.88. The van der Waals surface area contributed by atoms with Crippen molar-refractivity contribution < 1.29 is 14.0 Å². The molecule has 0 unspecified atom stereocenters. The van der Waals surface area contributed by atoms with Gasteiger partial charge in [-0.1, -0.05) is 6.07 Å². The van der Waals surface area contributed by atoms with E-state index in [1.54, 1.807) is 28.9 Å². The molecule has 0 atom stereocenters. The van der Waals surface area contributed by atoms with E-state index < -0.39 is 0 Å². The quantitative estimate of drug-likeness (QED) is 0.887. The Hall–Kier alpha value is -1.95. The second kappa shape index (κ2) is 7.30. The summed E-state index contributed by atoms with van der Waals surface area (Å²) in [4.78, 5) is 28.1. The number of benzene rings is 1. The van der Waals surface area contributed by atoms with Gasteiger partial charge in [-0.05, 0) is 49.9 Å². The molecule has 0 spiro atoms. The van der Waals surface area contributed by atoms with Gasteiger partial charge in [0.1, 0.15) is 5.82 Å². The third-order valence-electron chi connectivity index (χ3n) is 4.74. The van der Waals surface area contributed by atoms with Gasteiger partial charge in [0, 0.05) is 31.7 Å². The summed E-state index contributed by atoms with van der Waals surface area (Å²) in [7, 11) is 0. The third kappa shape index (κ3) is 4.12. The minimum absolute atomic E-state index is 0.0872. The van der Waals surface area contributed by atoms with Crippen LogP contribution in [0.2, 0.25) is 0 Å². The minimum Gasteiger partial charge on any atom is -0.338 e. The highest BCUT2D eigenvalue weighted by Gasteiger charge is 2.26. The molecule has 24 heavy (non-hydrogen) atoms. The van der Waals surface area contributed by atoms with Crippen LogP contribution in [0.25, 0.3) is 0 Å². The molecule has 2 amide bonds. The lowest BCUT2D eigenvalue weighted by atomic mass is 10.1. The fraction of sp³-hybridized carbons (Fsp3) is 0.556. The van der Waals surface area contributed by atoms with Crippen LogP contribution in [0.15, 0.2) is 18.2 Å². The Morgan fingerprint density at radius 3 is 2.46 bits per heavy atom. The standard InChI is InChI=1S/C18H24FN3O2/c1-13-2-5-15(10-16(13)19)18(24)22-8-6-21(7-9-22)17(23)12-20-11-14-3-4-14/h2,5,10,14,20H,3-4,6-9,11-12H2,1H3. The molecule has 1 aromatic carbocycles. The molecule has 0 aromatic heterocycles. The molecule has 2 aliphatic rings. The van der Waals surface area contributed by atoms with Crippen molar-refractivity contribution in [3.05, 3.63) is 35.1 Å². The maximum atomic E-state index is 13.6. The third-order valence-corrected chi connectivity index (χ3v) is 4.74. The number of hydrogen-bond acceptors (Lipinski definition) is 3. The molecule has 1 aliphatic carbocycles. The van der Waals surface area contributed by atoms with E-state index in [4.69, 9.17) is 0 Å². The van der Waals surface area contributed by atoms with Crippen molar-refractivity contribution in [1.82, 2.24) is 15.1 Å². The molecule has 0 bridgehead atoms. The SMILES string of the molecule is Cc1ccc(C(=O)N2CCN(C(=O)CNCC3CC3)CC2)cc1F. The van der Waals surface area contributed by atoms with E-state index >= 15 is 0 Å². The summed E-state index contributed by atoms with van der Waals surface area (Å²) in [5, 5.41) is 3.20. The zero-order valence-corrected chi connectivity index (χ0v) is 14.1. The summed E-state index contributed by atoms with van der Waals surface area (Å²) < 4.78 is 13.6. The molecule has 6 heteroatoms. The Kier molecular flexibility index (Phi) is 5.14. The lowest BCUT2D eigenvalue weighted by Gasteiger charge is -2.35. The van der Waals surface area contributed by atoms with Crippen LogP contribution in [-0.2, 0) is 4.79 Å². The maximum Gasteiger partial charge on any atom is 0.254 e. The van der Waals surface area contributed by atoms with E-state index in [-0.39, 0.29) is 17.6 Å². The maximum absolute atomic E-state index is 13.6. The molecule has 1 heterocycles. The smallest absolute Gasteiger partial charge is 0.254 e. The second-order valence-electron chi connectivity index (χ2n) is 6.71. The average Bonchev–Trinajstić information content (AvgIpc) is 3.41. The number of carbonyl (C=O) groups excluding carboxylic acids is 2. The summed E-state index contributed by atoms with van der Waals surface area (Å²) in [6.45, 7) is 5.00. The van der Waals surface area contributed by atoms with Gasteiger partial charge in [0.25, 0.3) is 5.91 Å². The number of hydrogen-bond donors (Lipinski definition) is 1. The zero-order valence-electron chi connectivity index (χ0n) is 14.1. The van der Waals surface area contributed by atoms with E-state index in [0.29, 0.717) is 43.9 Å². The molecule has 5 nitrogen and oxygen atoms in total. The second-order valence-corrected chi connectivity index (χ2v) is 6.71. The van der Waals surface area contributed by atoms with Gasteiger partial charge in [0.15, 0.2) is 0 Å². The molecule has 3 rings (SSSR count). The van der Waals surface area contributed by atoms with Crippen molar-refractivity contribution in [3.63, 3.8) is 0 Å². The first kappa shape index (κ1) is 16.9.